The zero-order valence-electron chi connectivity index (χ0n) is 12.2. The van der Waals surface area contributed by atoms with Gasteiger partial charge >= 0.3 is 0 Å². The largest absolute Gasteiger partial charge is 0.324 e. The van der Waals surface area contributed by atoms with Gasteiger partial charge in [0.15, 0.2) is 0 Å². The molecule has 0 fully saturated rings. The molecule has 0 saturated carbocycles. The molecule has 0 aliphatic carbocycles. The first-order valence-corrected chi connectivity index (χ1v) is 7.10. The zero-order valence-corrected chi connectivity index (χ0v) is 12.2. The number of nitrogens with zero attached hydrogens (tertiary/aromatic N) is 2. The zero-order chi connectivity index (χ0) is 15.0. The van der Waals surface area contributed by atoms with Crippen molar-refractivity contribution in [2.24, 2.45) is 5.73 Å². The summed E-state index contributed by atoms with van der Waals surface area (Å²) in [7, 11) is 0. The van der Waals surface area contributed by atoms with E-state index in [2.05, 4.69) is 31.1 Å². The van der Waals surface area contributed by atoms with Gasteiger partial charge in [0.25, 0.3) is 0 Å². The summed E-state index contributed by atoms with van der Waals surface area (Å²) < 4.78 is 14.9. The van der Waals surface area contributed by atoms with Crippen molar-refractivity contribution in [2.75, 3.05) is 0 Å². The molecule has 1 atom stereocenters. The highest BCUT2D eigenvalue weighted by atomic mass is 19.1. The van der Waals surface area contributed by atoms with Crippen molar-refractivity contribution in [3.8, 4) is 5.69 Å². The van der Waals surface area contributed by atoms with Crippen molar-refractivity contribution < 1.29 is 4.39 Å². The first-order valence-electron chi connectivity index (χ1n) is 7.10. The molecule has 21 heavy (non-hydrogen) atoms. The van der Waals surface area contributed by atoms with E-state index in [9.17, 15) is 4.39 Å². The summed E-state index contributed by atoms with van der Waals surface area (Å²) in [5, 5.41) is 5.46. The second kappa shape index (κ2) is 5.30. The van der Waals surface area contributed by atoms with E-state index in [1.54, 1.807) is 12.1 Å². The van der Waals surface area contributed by atoms with Crippen molar-refractivity contribution >= 4 is 10.9 Å². The molecule has 1 aromatic heterocycles. The van der Waals surface area contributed by atoms with E-state index in [1.165, 1.54) is 12.1 Å². The molecule has 108 valence electrons. The molecule has 0 amide bonds. The summed E-state index contributed by atoms with van der Waals surface area (Å²) in [5.41, 5.74) is 10.3. The predicted octanol–water partition coefficient (Wildman–Crippen LogP) is 3.88. The number of halogens is 1. The topological polar surface area (TPSA) is 43.8 Å². The number of aromatic nitrogens is 2. The molecule has 0 saturated heterocycles. The Labute approximate surface area is 123 Å². The third kappa shape index (κ3) is 2.43. The summed E-state index contributed by atoms with van der Waals surface area (Å²) in [6.07, 6.45) is 2.72. The van der Waals surface area contributed by atoms with Gasteiger partial charge < -0.3 is 5.73 Å². The van der Waals surface area contributed by atoms with E-state index in [0.717, 1.165) is 34.1 Å². The molecule has 3 nitrogen and oxygen atoms in total. The quantitative estimate of drug-likeness (QED) is 0.792. The summed E-state index contributed by atoms with van der Waals surface area (Å²) in [6.45, 7) is 4.14. The van der Waals surface area contributed by atoms with Crippen molar-refractivity contribution in [1.29, 1.82) is 0 Å². The lowest BCUT2D eigenvalue weighted by Gasteiger charge is -2.13. The molecule has 2 aromatic carbocycles. The van der Waals surface area contributed by atoms with Crippen LogP contribution >= 0.6 is 0 Å². The van der Waals surface area contributed by atoms with Crippen LogP contribution in [0.5, 0.6) is 0 Å². The van der Waals surface area contributed by atoms with Gasteiger partial charge in [-0.3, -0.25) is 0 Å². The number of rotatable bonds is 3. The Morgan fingerprint density at radius 2 is 1.95 bits per heavy atom. The molecular weight excluding hydrogens is 265 g/mol. The van der Waals surface area contributed by atoms with E-state index in [-0.39, 0.29) is 11.9 Å². The normalized spacial score (nSPS) is 12.8. The van der Waals surface area contributed by atoms with Crippen LogP contribution in [-0.2, 0) is 0 Å². The molecule has 0 spiro atoms. The Balaban J connectivity index is 2.14. The maximum absolute atomic E-state index is 13.0. The SMILES string of the molecule is CC[C@H](N)c1cc2cnn(-c3ccc(F)cc3)c2cc1C. The van der Waals surface area contributed by atoms with E-state index < -0.39 is 0 Å². The lowest BCUT2D eigenvalue weighted by Crippen LogP contribution is -2.10. The second-order valence-electron chi connectivity index (χ2n) is 5.32. The van der Waals surface area contributed by atoms with Gasteiger partial charge in [0.1, 0.15) is 5.82 Å². The molecule has 3 rings (SSSR count). The monoisotopic (exact) mass is 283 g/mol. The van der Waals surface area contributed by atoms with E-state index >= 15 is 0 Å². The Hall–Kier alpha value is -2.20. The molecule has 0 aliphatic heterocycles. The Bertz CT molecular complexity index is 775. The minimum Gasteiger partial charge on any atom is -0.324 e. The van der Waals surface area contributed by atoms with Crippen LogP contribution in [0.1, 0.15) is 30.5 Å². The molecular formula is C17H18FN3. The molecule has 0 radical (unpaired) electrons. The summed E-state index contributed by atoms with van der Waals surface area (Å²) in [4.78, 5) is 0. The molecule has 4 heteroatoms. The lowest BCUT2D eigenvalue weighted by molar-refractivity contribution is 0.627. The van der Waals surface area contributed by atoms with Crippen LogP contribution in [0.2, 0.25) is 0 Å². The fourth-order valence-electron chi connectivity index (χ4n) is 2.60. The molecule has 3 aromatic rings. The highest BCUT2D eigenvalue weighted by Crippen LogP contribution is 2.26. The van der Waals surface area contributed by atoms with Crippen LogP contribution in [0, 0.1) is 12.7 Å². The first-order chi connectivity index (χ1) is 10.1. The van der Waals surface area contributed by atoms with Gasteiger partial charge in [0.05, 0.1) is 17.4 Å². The van der Waals surface area contributed by atoms with Gasteiger partial charge in [-0.15, -0.1) is 0 Å². The highest BCUT2D eigenvalue weighted by molar-refractivity contribution is 5.82. The third-order valence-electron chi connectivity index (χ3n) is 3.87. The highest BCUT2D eigenvalue weighted by Gasteiger charge is 2.12. The molecule has 0 unspecified atom stereocenters. The van der Waals surface area contributed by atoms with Crippen LogP contribution in [0.3, 0.4) is 0 Å². The predicted molar refractivity (Wildman–Crippen MR) is 83.0 cm³/mol. The number of nitrogens with two attached hydrogens (primary N) is 1. The van der Waals surface area contributed by atoms with E-state index in [0.29, 0.717) is 0 Å². The maximum atomic E-state index is 13.0. The van der Waals surface area contributed by atoms with Crippen LogP contribution in [0.4, 0.5) is 4.39 Å². The average Bonchev–Trinajstić information content (AvgIpc) is 2.89. The van der Waals surface area contributed by atoms with E-state index in [1.807, 2.05) is 10.9 Å². The number of hydrogen-bond acceptors (Lipinski definition) is 2. The summed E-state index contributed by atoms with van der Waals surface area (Å²) >= 11 is 0. The minimum atomic E-state index is -0.248. The van der Waals surface area contributed by atoms with Crippen molar-refractivity contribution in [2.45, 2.75) is 26.3 Å². The molecule has 0 bridgehead atoms. The van der Waals surface area contributed by atoms with Gasteiger partial charge in [-0.2, -0.15) is 5.10 Å². The second-order valence-corrected chi connectivity index (χ2v) is 5.32. The van der Waals surface area contributed by atoms with Crippen LogP contribution in [0.25, 0.3) is 16.6 Å². The molecule has 2 N–H and O–H groups in total. The van der Waals surface area contributed by atoms with Gasteiger partial charge in [-0.25, -0.2) is 9.07 Å². The Morgan fingerprint density at radius 3 is 2.62 bits per heavy atom. The maximum Gasteiger partial charge on any atom is 0.123 e. The number of fused-ring (bicyclic) bond motifs is 1. The number of benzene rings is 2. The van der Waals surface area contributed by atoms with E-state index in [4.69, 9.17) is 5.73 Å². The van der Waals surface area contributed by atoms with Crippen LogP contribution in [-0.4, -0.2) is 9.78 Å². The molecule has 0 aliphatic rings. The standard InChI is InChI=1S/C17H18FN3/c1-3-16(19)15-9-12-10-20-21(17(12)8-11(15)2)14-6-4-13(18)5-7-14/h4-10,16H,3,19H2,1-2H3/t16-/m0/s1. The van der Waals surface area contributed by atoms with Gasteiger partial charge in [0, 0.05) is 11.4 Å². The number of hydrogen-bond donors (Lipinski definition) is 1. The van der Waals surface area contributed by atoms with Gasteiger partial charge in [-0.1, -0.05) is 6.92 Å². The van der Waals surface area contributed by atoms with Crippen molar-refractivity contribution in [3.05, 3.63) is 59.5 Å². The average molecular weight is 283 g/mol. The van der Waals surface area contributed by atoms with Gasteiger partial charge in [0.2, 0.25) is 0 Å². The fourth-order valence-corrected chi connectivity index (χ4v) is 2.60. The Kier molecular flexibility index (Phi) is 3.47. The summed E-state index contributed by atoms with van der Waals surface area (Å²) in [6, 6.07) is 10.6. The first kappa shape index (κ1) is 13.8. The Morgan fingerprint density at radius 1 is 1.24 bits per heavy atom. The lowest BCUT2D eigenvalue weighted by atomic mass is 9.98. The van der Waals surface area contributed by atoms with Gasteiger partial charge in [-0.05, 0) is 60.9 Å². The summed E-state index contributed by atoms with van der Waals surface area (Å²) in [5.74, 6) is -0.248. The number of aryl methyl sites for hydroxylation is 1. The fraction of sp³-hybridized carbons (Fsp3) is 0.235. The van der Waals surface area contributed by atoms with Crippen LogP contribution < -0.4 is 5.73 Å². The third-order valence-corrected chi connectivity index (χ3v) is 3.87. The van der Waals surface area contributed by atoms with Crippen molar-refractivity contribution in [3.63, 3.8) is 0 Å². The molecule has 1 heterocycles. The smallest absolute Gasteiger partial charge is 0.123 e. The van der Waals surface area contributed by atoms with Crippen molar-refractivity contribution in [1.82, 2.24) is 9.78 Å². The van der Waals surface area contributed by atoms with Crippen LogP contribution in [0.15, 0.2) is 42.6 Å². The minimum absolute atomic E-state index is 0.0450.